The lowest BCUT2D eigenvalue weighted by Crippen LogP contribution is -2.30. The summed E-state index contributed by atoms with van der Waals surface area (Å²) in [6, 6.07) is 10.2. The summed E-state index contributed by atoms with van der Waals surface area (Å²) in [5.41, 5.74) is 0.704. The molecule has 114 valence electrons. The second kappa shape index (κ2) is 6.70. The van der Waals surface area contributed by atoms with E-state index in [-0.39, 0.29) is 4.90 Å². The molecule has 0 saturated carbocycles. The minimum Gasteiger partial charge on any atom is -0.389 e. The van der Waals surface area contributed by atoms with Crippen molar-refractivity contribution < 1.29 is 13.5 Å². The van der Waals surface area contributed by atoms with Crippen molar-refractivity contribution in [2.75, 3.05) is 6.54 Å². The van der Waals surface area contributed by atoms with Crippen LogP contribution in [0.25, 0.3) is 0 Å². The Morgan fingerprint density at radius 3 is 2.38 bits per heavy atom. The van der Waals surface area contributed by atoms with Gasteiger partial charge >= 0.3 is 0 Å². The highest BCUT2D eigenvalue weighted by Gasteiger charge is 2.23. The molecule has 0 saturated heterocycles. The molecule has 6 heteroatoms. The molecule has 21 heavy (non-hydrogen) atoms. The third-order valence-corrected chi connectivity index (χ3v) is 6.06. The summed E-state index contributed by atoms with van der Waals surface area (Å²) in [5.74, 6) is 0. The highest BCUT2D eigenvalue weighted by atomic mass is 32.2. The summed E-state index contributed by atoms with van der Waals surface area (Å²) in [7, 11) is -3.51. The maximum atomic E-state index is 12.6. The van der Waals surface area contributed by atoms with E-state index in [4.69, 9.17) is 0 Å². The van der Waals surface area contributed by atoms with E-state index in [0.29, 0.717) is 18.7 Å². The van der Waals surface area contributed by atoms with Crippen molar-refractivity contribution in [1.29, 1.82) is 0 Å². The number of hydrogen-bond acceptors (Lipinski definition) is 4. The van der Waals surface area contributed by atoms with Gasteiger partial charge in [0.2, 0.25) is 10.0 Å². The van der Waals surface area contributed by atoms with E-state index in [1.54, 1.807) is 42.5 Å². The number of rotatable bonds is 6. The van der Waals surface area contributed by atoms with Crippen LogP contribution in [0.1, 0.15) is 30.4 Å². The molecule has 0 bridgehead atoms. The topological polar surface area (TPSA) is 57.6 Å². The number of sulfonamides is 1. The van der Waals surface area contributed by atoms with Crippen LogP contribution in [-0.2, 0) is 16.6 Å². The fourth-order valence-electron chi connectivity index (χ4n) is 2.01. The van der Waals surface area contributed by atoms with Gasteiger partial charge in [0.25, 0.3) is 0 Å². The van der Waals surface area contributed by atoms with E-state index in [1.807, 2.05) is 24.4 Å². The van der Waals surface area contributed by atoms with Gasteiger partial charge in [-0.3, -0.25) is 0 Å². The normalized spacial score (nSPS) is 13.5. The predicted octanol–water partition coefficient (Wildman–Crippen LogP) is 3.01. The Morgan fingerprint density at radius 1 is 1.24 bits per heavy atom. The average molecular weight is 325 g/mol. The molecule has 0 amide bonds. The fraction of sp³-hybridized carbons (Fsp3) is 0.333. The van der Waals surface area contributed by atoms with Crippen molar-refractivity contribution in [3.63, 3.8) is 0 Å². The van der Waals surface area contributed by atoms with Crippen molar-refractivity contribution in [3.05, 3.63) is 52.2 Å². The van der Waals surface area contributed by atoms with Crippen LogP contribution < -0.4 is 0 Å². The van der Waals surface area contributed by atoms with Crippen LogP contribution in [0, 0.1) is 0 Å². The molecule has 0 fully saturated rings. The molecule has 0 radical (unpaired) electrons. The molecule has 4 nitrogen and oxygen atoms in total. The molecule has 1 N–H and O–H groups in total. The van der Waals surface area contributed by atoms with Crippen molar-refractivity contribution in [2.24, 2.45) is 0 Å². The van der Waals surface area contributed by atoms with E-state index in [0.717, 1.165) is 4.88 Å². The first-order chi connectivity index (χ1) is 9.95. The fourth-order valence-corrected chi connectivity index (χ4v) is 4.24. The van der Waals surface area contributed by atoms with Gasteiger partial charge < -0.3 is 5.11 Å². The van der Waals surface area contributed by atoms with Gasteiger partial charge in [-0.05, 0) is 36.1 Å². The lowest BCUT2D eigenvalue weighted by Gasteiger charge is -2.20. The number of aliphatic hydroxyl groups is 1. The van der Waals surface area contributed by atoms with Crippen LogP contribution >= 0.6 is 11.3 Å². The SMILES string of the molecule is CCN(Cc1cccs1)S(=O)(=O)c1ccc(C(C)O)cc1. The molecule has 1 heterocycles. The number of benzene rings is 1. The largest absolute Gasteiger partial charge is 0.389 e. The van der Waals surface area contributed by atoms with Gasteiger partial charge in [0, 0.05) is 18.0 Å². The standard InChI is InChI=1S/C15H19NO3S2/c1-3-16(11-14-5-4-10-20-14)21(18,19)15-8-6-13(7-9-15)12(2)17/h4-10,12,17H,3,11H2,1-2H3. The molecule has 0 aliphatic carbocycles. The van der Waals surface area contributed by atoms with Gasteiger partial charge in [0.15, 0.2) is 0 Å². The van der Waals surface area contributed by atoms with Crippen LogP contribution in [0.4, 0.5) is 0 Å². The van der Waals surface area contributed by atoms with Gasteiger partial charge in [-0.2, -0.15) is 4.31 Å². The second-order valence-electron chi connectivity index (χ2n) is 4.76. The molecule has 2 aromatic rings. The van der Waals surface area contributed by atoms with E-state index >= 15 is 0 Å². The molecule has 0 aliphatic rings. The molecule has 1 aromatic carbocycles. The van der Waals surface area contributed by atoms with Crippen LogP contribution in [0.5, 0.6) is 0 Å². The zero-order valence-electron chi connectivity index (χ0n) is 12.1. The number of aliphatic hydroxyl groups excluding tert-OH is 1. The molecule has 2 rings (SSSR count). The Labute approximate surface area is 129 Å². The monoisotopic (exact) mass is 325 g/mol. The van der Waals surface area contributed by atoms with Gasteiger partial charge in [0.05, 0.1) is 11.0 Å². The highest BCUT2D eigenvalue weighted by Crippen LogP contribution is 2.22. The lowest BCUT2D eigenvalue weighted by atomic mass is 10.1. The van der Waals surface area contributed by atoms with Crippen LogP contribution in [0.2, 0.25) is 0 Å². The second-order valence-corrected chi connectivity index (χ2v) is 7.73. The molecule has 0 spiro atoms. The molecule has 1 aromatic heterocycles. The number of nitrogens with zero attached hydrogens (tertiary/aromatic N) is 1. The highest BCUT2D eigenvalue weighted by molar-refractivity contribution is 7.89. The molecule has 1 unspecified atom stereocenters. The molecular weight excluding hydrogens is 306 g/mol. The minimum atomic E-state index is -3.51. The number of hydrogen-bond donors (Lipinski definition) is 1. The third-order valence-electron chi connectivity index (χ3n) is 3.27. The van der Waals surface area contributed by atoms with Gasteiger partial charge in [-0.15, -0.1) is 11.3 Å². The van der Waals surface area contributed by atoms with Crippen molar-refractivity contribution in [3.8, 4) is 0 Å². The Hall–Kier alpha value is -1.21. The Balaban J connectivity index is 2.26. The summed E-state index contributed by atoms with van der Waals surface area (Å²) in [6.07, 6.45) is -0.602. The summed E-state index contributed by atoms with van der Waals surface area (Å²) in [6.45, 7) is 4.28. The molecule has 0 aliphatic heterocycles. The van der Waals surface area contributed by atoms with E-state index < -0.39 is 16.1 Å². The zero-order chi connectivity index (χ0) is 15.5. The first kappa shape index (κ1) is 16.2. The lowest BCUT2D eigenvalue weighted by molar-refractivity contribution is 0.199. The molecular formula is C15H19NO3S2. The summed E-state index contributed by atoms with van der Waals surface area (Å²) in [4.78, 5) is 1.27. The minimum absolute atomic E-state index is 0.255. The van der Waals surface area contributed by atoms with E-state index in [2.05, 4.69) is 0 Å². The van der Waals surface area contributed by atoms with E-state index in [1.165, 1.54) is 4.31 Å². The smallest absolute Gasteiger partial charge is 0.243 e. The van der Waals surface area contributed by atoms with Gasteiger partial charge in [-0.1, -0.05) is 25.1 Å². The predicted molar refractivity (Wildman–Crippen MR) is 84.7 cm³/mol. The molecule has 1 atom stereocenters. The van der Waals surface area contributed by atoms with Crippen molar-refractivity contribution >= 4 is 21.4 Å². The summed E-state index contributed by atoms with van der Waals surface area (Å²) < 4.78 is 26.7. The summed E-state index contributed by atoms with van der Waals surface area (Å²) >= 11 is 1.55. The number of thiophene rings is 1. The van der Waals surface area contributed by atoms with Crippen LogP contribution in [0.15, 0.2) is 46.7 Å². The Morgan fingerprint density at radius 2 is 1.90 bits per heavy atom. The Kier molecular flexibility index (Phi) is 5.16. The first-order valence-corrected chi connectivity index (χ1v) is 9.07. The van der Waals surface area contributed by atoms with Crippen LogP contribution in [0.3, 0.4) is 0 Å². The quantitative estimate of drug-likeness (QED) is 0.888. The Bertz CT molecular complexity index is 661. The van der Waals surface area contributed by atoms with Gasteiger partial charge in [-0.25, -0.2) is 8.42 Å². The maximum absolute atomic E-state index is 12.6. The zero-order valence-corrected chi connectivity index (χ0v) is 13.7. The van der Waals surface area contributed by atoms with Crippen molar-refractivity contribution in [1.82, 2.24) is 4.31 Å². The maximum Gasteiger partial charge on any atom is 0.243 e. The first-order valence-electron chi connectivity index (χ1n) is 6.75. The third kappa shape index (κ3) is 3.71. The van der Waals surface area contributed by atoms with Crippen LogP contribution in [-0.4, -0.2) is 24.4 Å². The summed E-state index contributed by atoms with van der Waals surface area (Å²) in [5, 5.41) is 11.4. The van der Waals surface area contributed by atoms with E-state index in [9.17, 15) is 13.5 Å². The van der Waals surface area contributed by atoms with Gasteiger partial charge in [0.1, 0.15) is 0 Å². The average Bonchev–Trinajstić information content (AvgIpc) is 2.97. The van der Waals surface area contributed by atoms with Crippen molar-refractivity contribution in [2.45, 2.75) is 31.4 Å².